The van der Waals surface area contributed by atoms with Crippen LogP contribution in [0.25, 0.3) is 10.9 Å². The van der Waals surface area contributed by atoms with Crippen LogP contribution in [0.2, 0.25) is 0 Å². The highest BCUT2D eigenvalue weighted by Crippen LogP contribution is 2.15. The quantitative estimate of drug-likeness (QED) is 0.565. The summed E-state index contributed by atoms with van der Waals surface area (Å²) >= 11 is 0. The minimum Gasteiger partial charge on any atom is -0.322 e. The van der Waals surface area contributed by atoms with Gasteiger partial charge >= 0.3 is 0 Å². The molecule has 0 amide bonds. The summed E-state index contributed by atoms with van der Waals surface area (Å²) in [6.45, 7) is 0. The lowest BCUT2D eigenvalue weighted by Gasteiger charge is -2.04. The van der Waals surface area contributed by atoms with Crippen LogP contribution in [-0.2, 0) is 12.8 Å². The van der Waals surface area contributed by atoms with Crippen LogP contribution < -0.4 is 5.56 Å². The molecule has 0 aliphatic carbocycles. The molecule has 0 aliphatic heterocycles. The van der Waals surface area contributed by atoms with Gasteiger partial charge in [0.1, 0.15) is 0 Å². The lowest BCUT2D eigenvalue weighted by atomic mass is 10.0. The summed E-state index contributed by atoms with van der Waals surface area (Å²) < 4.78 is 0. The Labute approximate surface area is 157 Å². The van der Waals surface area contributed by atoms with E-state index < -0.39 is 0 Å². The Bertz CT molecular complexity index is 1180. The summed E-state index contributed by atoms with van der Waals surface area (Å²) in [6, 6.07) is 21.9. The van der Waals surface area contributed by atoms with Crippen molar-refractivity contribution in [3.8, 4) is 11.8 Å². The maximum Gasteiger partial charge on any atom is 0.251 e. The molecule has 0 saturated heterocycles. The summed E-state index contributed by atoms with van der Waals surface area (Å²) in [4.78, 5) is 19.3. The fraction of sp³-hybridized carbons (Fsp3) is 0.0833. The molecule has 4 rings (SSSR count). The van der Waals surface area contributed by atoms with Gasteiger partial charge in [-0.15, -0.1) is 0 Å². The Hall–Kier alpha value is -3.64. The first-order valence-corrected chi connectivity index (χ1v) is 8.85. The maximum atomic E-state index is 12.4. The second-order valence-corrected chi connectivity index (χ2v) is 6.42. The Morgan fingerprint density at radius 2 is 1.70 bits per heavy atom. The molecule has 130 valence electrons. The van der Waals surface area contributed by atoms with Crippen LogP contribution in [0.4, 0.5) is 0 Å². The molecule has 1 N–H and O–H groups in total. The van der Waals surface area contributed by atoms with Crippen molar-refractivity contribution in [3.05, 3.63) is 112 Å². The number of nitrogens with zero attached hydrogens (tertiary/aromatic N) is 1. The second-order valence-electron chi connectivity index (χ2n) is 6.42. The fourth-order valence-corrected chi connectivity index (χ4v) is 3.03. The zero-order valence-corrected chi connectivity index (χ0v) is 14.8. The van der Waals surface area contributed by atoms with E-state index >= 15 is 0 Å². The molecule has 0 aliphatic rings. The summed E-state index contributed by atoms with van der Waals surface area (Å²) in [5.41, 5.74) is 4.72. The molecule has 0 saturated carbocycles. The molecule has 2 aromatic heterocycles. The van der Waals surface area contributed by atoms with Gasteiger partial charge in [-0.3, -0.25) is 9.78 Å². The smallest absolute Gasteiger partial charge is 0.251 e. The van der Waals surface area contributed by atoms with Crippen molar-refractivity contribution in [3.63, 3.8) is 0 Å². The molecule has 2 heterocycles. The normalized spacial score (nSPS) is 10.4. The lowest BCUT2D eigenvalue weighted by Crippen LogP contribution is -2.12. The van der Waals surface area contributed by atoms with Gasteiger partial charge in [-0.1, -0.05) is 42.2 Å². The van der Waals surface area contributed by atoms with Crippen molar-refractivity contribution in [1.82, 2.24) is 9.97 Å². The topological polar surface area (TPSA) is 45.8 Å². The largest absolute Gasteiger partial charge is 0.322 e. The van der Waals surface area contributed by atoms with Crippen LogP contribution >= 0.6 is 0 Å². The predicted molar refractivity (Wildman–Crippen MR) is 109 cm³/mol. The van der Waals surface area contributed by atoms with Crippen LogP contribution in [0.15, 0.2) is 83.9 Å². The van der Waals surface area contributed by atoms with Gasteiger partial charge in [-0.05, 0) is 52.9 Å². The van der Waals surface area contributed by atoms with E-state index in [1.807, 2.05) is 54.6 Å². The molecule has 4 aromatic rings. The van der Waals surface area contributed by atoms with Gasteiger partial charge in [0.05, 0.1) is 0 Å². The molecule has 27 heavy (non-hydrogen) atoms. The zero-order valence-electron chi connectivity index (χ0n) is 14.8. The minimum atomic E-state index is -0.0535. The molecule has 0 fully saturated rings. The Morgan fingerprint density at radius 1 is 0.889 bits per heavy atom. The Balaban J connectivity index is 1.61. The summed E-state index contributed by atoms with van der Waals surface area (Å²) in [5.74, 6) is 6.44. The second kappa shape index (κ2) is 7.72. The molecule has 2 aromatic carbocycles. The Morgan fingerprint density at radius 3 is 2.52 bits per heavy atom. The van der Waals surface area contributed by atoms with Gasteiger partial charge in [-0.2, -0.15) is 0 Å². The number of hydrogen-bond donors (Lipinski definition) is 1. The average molecular weight is 350 g/mol. The van der Waals surface area contributed by atoms with Gasteiger partial charge in [-0.25, -0.2) is 0 Å². The molecule has 3 nitrogen and oxygen atoms in total. The van der Waals surface area contributed by atoms with Crippen LogP contribution in [0.1, 0.15) is 22.3 Å². The first-order chi connectivity index (χ1) is 13.3. The first kappa shape index (κ1) is 16.8. The number of H-pyrrole nitrogens is 1. The van der Waals surface area contributed by atoms with Crippen LogP contribution in [0.5, 0.6) is 0 Å². The number of nitrogens with one attached hydrogen (secondary N) is 1. The Kier molecular flexibility index (Phi) is 4.80. The molecule has 0 radical (unpaired) electrons. The number of aromatic amines is 1. The highest BCUT2D eigenvalue weighted by atomic mass is 16.1. The predicted octanol–water partition coefficient (Wildman–Crippen LogP) is 4.11. The molecule has 0 unspecified atom stereocenters. The monoisotopic (exact) mass is 350 g/mol. The van der Waals surface area contributed by atoms with Crippen molar-refractivity contribution in [1.29, 1.82) is 0 Å². The van der Waals surface area contributed by atoms with E-state index in [1.165, 1.54) is 5.56 Å². The third kappa shape index (κ3) is 4.13. The molecular weight excluding hydrogens is 332 g/mol. The van der Waals surface area contributed by atoms with Crippen LogP contribution in [0, 0.1) is 11.8 Å². The summed E-state index contributed by atoms with van der Waals surface area (Å²) in [7, 11) is 0. The molecule has 0 bridgehead atoms. The van der Waals surface area contributed by atoms with Crippen LogP contribution in [-0.4, -0.2) is 9.97 Å². The van der Waals surface area contributed by atoms with Gasteiger partial charge < -0.3 is 4.98 Å². The average Bonchev–Trinajstić information content (AvgIpc) is 2.70. The van der Waals surface area contributed by atoms with Crippen molar-refractivity contribution in [2.24, 2.45) is 0 Å². The van der Waals surface area contributed by atoms with Gasteiger partial charge in [0, 0.05) is 41.9 Å². The third-order valence-electron chi connectivity index (χ3n) is 4.43. The van der Waals surface area contributed by atoms with Gasteiger partial charge in [0.15, 0.2) is 0 Å². The summed E-state index contributed by atoms with van der Waals surface area (Å²) in [6.07, 6.45) is 4.78. The highest BCUT2D eigenvalue weighted by molar-refractivity contribution is 5.80. The summed E-state index contributed by atoms with van der Waals surface area (Å²) in [5, 5.41) is 0.991. The van der Waals surface area contributed by atoms with Gasteiger partial charge in [0.2, 0.25) is 0 Å². The van der Waals surface area contributed by atoms with E-state index in [0.717, 1.165) is 34.0 Å². The maximum absolute atomic E-state index is 12.4. The molecule has 0 atom stereocenters. The molecule has 0 spiro atoms. The minimum absolute atomic E-state index is 0.0535. The SMILES string of the molecule is O=c1[nH]c2ccc(C#CCc3ccccc3)cc2cc1Cc1ccncc1. The third-order valence-corrected chi connectivity index (χ3v) is 4.43. The number of rotatable bonds is 3. The number of hydrogen-bond acceptors (Lipinski definition) is 2. The highest BCUT2D eigenvalue weighted by Gasteiger charge is 2.05. The molecule has 3 heteroatoms. The van der Waals surface area contributed by atoms with Crippen molar-refractivity contribution < 1.29 is 0 Å². The van der Waals surface area contributed by atoms with E-state index in [2.05, 4.69) is 33.9 Å². The standard InChI is InChI=1S/C24H18N2O/c27-24-22(16-20-11-13-25-14-12-20)17-21-15-19(9-10-23(21)26-24)8-4-7-18-5-2-1-3-6-18/h1-3,5-6,9-15,17H,7,16H2,(H,26,27). The lowest BCUT2D eigenvalue weighted by molar-refractivity contribution is 1.11. The van der Waals surface area contributed by atoms with E-state index in [9.17, 15) is 4.79 Å². The fourth-order valence-electron chi connectivity index (χ4n) is 3.03. The van der Waals surface area contributed by atoms with Gasteiger partial charge in [0.25, 0.3) is 5.56 Å². The zero-order chi connectivity index (χ0) is 18.5. The van der Waals surface area contributed by atoms with E-state index in [0.29, 0.717) is 6.42 Å². The van der Waals surface area contributed by atoms with E-state index in [4.69, 9.17) is 0 Å². The number of benzene rings is 2. The number of pyridine rings is 2. The first-order valence-electron chi connectivity index (χ1n) is 8.85. The number of aromatic nitrogens is 2. The van der Waals surface area contributed by atoms with Crippen molar-refractivity contribution in [2.45, 2.75) is 12.8 Å². The van der Waals surface area contributed by atoms with E-state index in [1.54, 1.807) is 12.4 Å². The molecular formula is C24H18N2O. The van der Waals surface area contributed by atoms with E-state index in [-0.39, 0.29) is 5.56 Å². The van der Waals surface area contributed by atoms with Crippen molar-refractivity contribution in [2.75, 3.05) is 0 Å². The van der Waals surface area contributed by atoms with Crippen molar-refractivity contribution >= 4 is 10.9 Å². The number of fused-ring (bicyclic) bond motifs is 1. The van der Waals surface area contributed by atoms with Crippen LogP contribution in [0.3, 0.4) is 0 Å².